The first kappa shape index (κ1) is 13.9. The third-order valence-electron chi connectivity index (χ3n) is 3.68. The van der Waals surface area contributed by atoms with Crippen LogP contribution in [0, 0.1) is 0 Å². The van der Waals surface area contributed by atoms with Crippen molar-refractivity contribution in [3.63, 3.8) is 0 Å². The Kier molecular flexibility index (Phi) is 4.43. The summed E-state index contributed by atoms with van der Waals surface area (Å²) >= 11 is 0. The van der Waals surface area contributed by atoms with Crippen molar-refractivity contribution in [2.75, 3.05) is 19.4 Å². The summed E-state index contributed by atoms with van der Waals surface area (Å²) in [4.78, 5) is 13.4. The van der Waals surface area contributed by atoms with Gasteiger partial charge in [0.2, 0.25) is 0 Å². The minimum Gasteiger partial charge on any atom is -0.382 e. The summed E-state index contributed by atoms with van der Waals surface area (Å²) in [5.74, 6) is 0.0372. The van der Waals surface area contributed by atoms with Crippen LogP contribution in [0.3, 0.4) is 0 Å². The minimum atomic E-state index is 0.0372. The quantitative estimate of drug-likeness (QED) is 0.875. The number of rotatable bonds is 3. The zero-order chi connectivity index (χ0) is 13.8. The van der Waals surface area contributed by atoms with Gasteiger partial charge in [-0.1, -0.05) is 0 Å². The van der Waals surface area contributed by atoms with E-state index in [1.54, 1.807) is 19.0 Å². The average Bonchev–Trinajstić information content (AvgIpc) is 2.41. The van der Waals surface area contributed by atoms with Crippen LogP contribution < -0.4 is 11.1 Å². The summed E-state index contributed by atoms with van der Waals surface area (Å²) in [5, 5.41) is 3.52. The molecule has 1 aromatic rings. The van der Waals surface area contributed by atoms with Crippen LogP contribution in [0.4, 0.5) is 5.69 Å². The van der Waals surface area contributed by atoms with Crippen LogP contribution in [0.15, 0.2) is 24.3 Å². The van der Waals surface area contributed by atoms with Crippen molar-refractivity contribution in [2.45, 2.75) is 37.8 Å². The highest BCUT2D eigenvalue weighted by Gasteiger charge is 2.18. The lowest BCUT2D eigenvalue weighted by molar-refractivity contribution is 0.0827. The number of hydrogen-bond donors (Lipinski definition) is 2. The molecule has 0 bridgehead atoms. The van der Waals surface area contributed by atoms with Gasteiger partial charge in [-0.05, 0) is 49.9 Å². The van der Waals surface area contributed by atoms with E-state index in [2.05, 4.69) is 5.32 Å². The summed E-state index contributed by atoms with van der Waals surface area (Å²) in [6.07, 6.45) is 4.43. The van der Waals surface area contributed by atoms with Gasteiger partial charge in [-0.15, -0.1) is 0 Å². The van der Waals surface area contributed by atoms with Crippen molar-refractivity contribution in [3.05, 3.63) is 29.8 Å². The zero-order valence-corrected chi connectivity index (χ0v) is 11.7. The molecule has 1 aliphatic carbocycles. The first-order valence-electron chi connectivity index (χ1n) is 6.90. The Morgan fingerprint density at radius 2 is 1.74 bits per heavy atom. The molecular formula is C15H23N3O. The van der Waals surface area contributed by atoms with Crippen LogP contribution >= 0.6 is 0 Å². The number of carbonyl (C=O) groups is 1. The molecular weight excluding hydrogens is 238 g/mol. The van der Waals surface area contributed by atoms with Gasteiger partial charge in [-0.2, -0.15) is 0 Å². The van der Waals surface area contributed by atoms with Gasteiger partial charge in [0.15, 0.2) is 0 Å². The van der Waals surface area contributed by atoms with Gasteiger partial charge in [0.25, 0.3) is 5.91 Å². The molecule has 1 amide bonds. The lowest BCUT2D eigenvalue weighted by Crippen LogP contribution is -2.32. The summed E-state index contributed by atoms with van der Waals surface area (Å²) in [6, 6.07) is 8.59. The second kappa shape index (κ2) is 6.06. The van der Waals surface area contributed by atoms with Crippen molar-refractivity contribution in [2.24, 2.45) is 5.73 Å². The smallest absolute Gasteiger partial charge is 0.253 e. The lowest BCUT2D eigenvalue weighted by Gasteiger charge is -2.27. The molecule has 1 fully saturated rings. The first-order chi connectivity index (χ1) is 9.06. The highest BCUT2D eigenvalue weighted by Crippen LogP contribution is 2.21. The highest BCUT2D eigenvalue weighted by molar-refractivity contribution is 5.94. The predicted octanol–water partition coefficient (Wildman–Crippen LogP) is 2.07. The molecule has 0 aromatic heterocycles. The largest absolute Gasteiger partial charge is 0.382 e. The monoisotopic (exact) mass is 261 g/mol. The predicted molar refractivity (Wildman–Crippen MR) is 78.3 cm³/mol. The second-order valence-corrected chi connectivity index (χ2v) is 5.53. The van der Waals surface area contributed by atoms with Gasteiger partial charge in [-0.3, -0.25) is 4.79 Å². The Hall–Kier alpha value is -1.55. The molecule has 1 aliphatic rings. The van der Waals surface area contributed by atoms with E-state index in [0.717, 1.165) is 36.9 Å². The van der Waals surface area contributed by atoms with E-state index in [4.69, 9.17) is 5.73 Å². The Labute approximate surface area is 115 Å². The third-order valence-corrected chi connectivity index (χ3v) is 3.68. The van der Waals surface area contributed by atoms with E-state index in [-0.39, 0.29) is 5.91 Å². The van der Waals surface area contributed by atoms with Crippen LogP contribution in [-0.2, 0) is 0 Å². The van der Waals surface area contributed by atoms with Crippen molar-refractivity contribution >= 4 is 11.6 Å². The maximum atomic E-state index is 11.8. The number of nitrogens with two attached hydrogens (primary N) is 1. The Morgan fingerprint density at radius 3 is 2.26 bits per heavy atom. The van der Waals surface area contributed by atoms with Crippen molar-refractivity contribution in [3.8, 4) is 0 Å². The summed E-state index contributed by atoms with van der Waals surface area (Å²) < 4.78 is 0. The number of nitrogens with one attached hydrogen (secondary N) is 1. The fourth-order valence-corrected chi connectivity index (χ4v) is 2.47. The molecule has 0 atom stereocenters. The summed E-state index contributed by atoms with van der Waals surface area (Å²) in [5.41, 5.74) is 7.70. The van der Waals surface area contributed by atoms with Crippen LogP contribution in [-0.4, -0.2) is 37.0 Å². The highest BCUT2D eigenvalue weighted by atomic mass is 16.2. The van der Waals surface area contributed by atoms with Crippen LogP contribution in [0.5, 0.6) is 0 Å². The third kappa shape index (κ3) is 3.70. The number of hydrogen-bond acceptors (Lipinski definition) is 3. The molecule has 1 aromatic carbocycles. The zero-order valence-electron chi connectivity index (χ0n) is 11.7. The van der Waals surface area contributed by atoms with E-state index in [1.807, 2.05) is 24.3 Å². The SMILES string of the molecule is CN(C)C(=O)c1ccc(NC2CCC(N)CC2)cc1. The topological polar surface area (TPSA) is 58.4 Å². The van der Waals surface area contributed by atoms with Gasteiger partial charge in [-0.25, -0.2) is 0 Å². The molecule has 0 aliphatic heterocycles. The molecule has 0 radical (unpaired) electrons. The molecule has 3 N–H and O–H groups in total. The van der Waals surface area contributed by atoms with Crippen LogP contribution in [0.1, 0.15) is 36.0 Å². The van der Waals surface area contributed by atoms with E-state index in [0.29, 0.717) is 12.1 Å². The molecule has 104 valence electrons. The first-order valence-corrected chi connectivity index (χ1v) is 6.90. The molecule has 0 unspecified atom stereocenters. The molecule has 19 heavy (non-hydrogen) atoms. The van der Waals surface area contributed by atoms with Crippen molar-refractivity contribution < 1.29 is 4.79 Å². The van der Waals surface area contributed by atoms with Crippen molar-refractivity contribution in [1.29, 1.82) is 0 Å². The Morgan fingerprint density at radius 1 is 1.16 bits per heavy atom. The molecule has 0 heterocycles. The maximum Gasteiger partial charge on any atom is 0.253 e. The standard InChI is InChI=1S/C15H23N3O/c1-18(2)15(19)11-3-7-13(8-4-11)17-14-9-5-12(16)6-10-14/h3-4,7-8,12,14,17H,5-6,9-10,16H2,1-2H3. The molecule has 4 nitrogen and oxygen atoms in total. The molecule has 2 rings (SSSR count). The van der Waals surface area contributed by atoms with E-state index in [9.17, 15) is 4.79 Å². The Balaban J connectivity index is 1.93. The molecule has 4 heteroatoms. The molecule has 0 saturated heterocycles. The van der Waals surface area contributed by atoms with Gasteiger partial charge in [0.05, 0.1) is 0 Å². The second-order valence-electron chi connectivity index (χ2n) is 5.53. The number of amides is 1. The lowest BCUT2D eigenvalue weighted by atomic mass is 9.91. The number of benzene rings is 1. The summed E-state index contributed by atoms with van der Waals surface area (Å²) in [7, 11) is 3.53. The summed E-state index contributed by atoms with van der Waals surface area (Å²) in [6.45, 7) is 0. The van der Waals surface area contributed by atoms with Gasteiger partial charge >= 0.3 is 0 Å². The fraction of sp³-hybridized carbons (Fsp3) is 0.533. The van der Waals surface area contributed by atoms with E-state index < -0.39 is 0 Å². The van der Waals surface area contributed by atoms with Crippen LogP contribution in [0.2, 0.25) is 0 Å². The van der Waals surface area contributed by atoms with Crippen molar-refractivity contribution in [1.82, 2.24) is 4.90 Å². The number of anilines is 1. The maximum absolute atomic E-state index is 11.8. The average molecular weight is 261 g/mol. The number of carbonyl (C=O) groups excluding carboxylic acids is 1. The molecule has 1 saturated carbocycles. The Bertz CT molecular complexity index is 420. The van der Waals surface area contributed by atoms with E-state index in [1.165, 1.54) is 0 Å². The fourth-order valence-electron chi connectivity index (χ4n) is 2.47. The number of nitrogens with zero attached hydrogens (tertiary/aromatic N) is 1. The van der Waals surface area contributed by atoms with Gasteiger partial charge in [0, 0.05) is 37.4 Å². The van der Waals surface area contributed by atoms with Gasteiger partial charge in [0.1, 0.15) is 0 Å². The molecule has 0 spiro atoms. The van der Waals surface area contributed by atoms with Crippen LogP contribution in [0.25, 0.3) is 0 Å². The minimum absolute atomic E-state index is 0.0372. The van der Waals surface area contributed by atoms with E-state index >= 15 is 0 Å². The normalized spacial score (nSPS) is 22.9. The van der Waals surface area contributed by atoms with Gasteiger partial charge < -0.3 is 16.0 Å².